The van der Waals surface area contributed by atoms with Crippen LogP contribution >= 0.6 is 35.3 Å². The van der Waals surface area contributed by atoms with Gasteiger partial charge in [-0.25, -0.2) is 0 Å². The lowest BCUT2D eigenvalue weighted by molar-refractivity contribution is 0.243. The molecular formula is C22H31IN4S. The van der Waals surface area contributed by atoms with Gasteiger partial charge in [0.15, 0.2) is 5.96 Å². The predicted octanol–water partition coefficient (Wildman–Crippen LogP) is 4.62. The summed E-state index contributed by atoms with van der Waals surface area (Å²) in [6.45, 7) is 3.19. The Morgan fingerprint density at radius 3 is 2.46 bits per heavy atom. The maximum absolute atomic E-state index is 4.49. The molecule has 1 aromatic heterocycles. The van der Waals surface area contributed by atoms with E-state index in [9.17, 15) is 0 Å². The van der Waals surface area contributed by atoms with Gasteiger partial charge in [0.2, 0.25) is 0 Å². The number of hydrogen-bond donors (Lipinski definition) is 2. The van der Waals surface area contributed by atoms with E-state index in [0.29, 0.717) is 6.04 Å². The maximum atomic E-state index is 4.49. The molecule has 2 fully saturated rings. The average molecular weight is 510 g/mol. The fourth-order valence-electron chi connectivity index (χ4n) is 4.30. The monoisotopic (exact) mass is 510 g/mol. The fraction of sp³-hybridized carbons (Fsp3) is 0.500. The van der Waals surface area contributed by atoms with E-state index >= 15 is 0 Å². The molecule has 152 valence electrons. The van der Waals surface area contributed by atoms with E-state index in [-0.39, 0.29) is 29.4 Å². The van der Waals surface area contributed by atoms with Crippen LogP contribution in [-0.4, -0.2) is 38.7 Å². The van der Waals surface area contributed by atoms with Gasteiger partial charge >= 0.3 is 0 Å². The van der Waals surface area contributed by atoms with E-state index < -0.39 is 0 Å². The van der Waals surface area contributed by atoms with Crippen LogP contribution in [0.2, 0.25) is 0 Å². The number of aliphatic imine (C=N–C) groups is 1. The highest BCUT2D eigenvalue weighted by Gasteiger charge is 2.38. The minimum absolute atomic E-state index is 0. The van der Waals surface area contributed by atoms with Crippen molar-refractivity contribution < 1.29 is 0 Å². The molecule has 28 heavy (non-hydrogen) atoms. The summed E-state index contributed by atoms with van der Waals surface area (Å²) in [4.78, 5) is 6.99. The molecule has 1 aromatic carbocycles. The molecule has 4 nitrogen and oxygen atoms in total. The van der Waals surface area contributed by atoms with Crippen LogP contribution < -0.4 is 15.5 Å². The topological polar surface area (TPSA) is 39.7 Å². The third-order valence-corrected chi connectivity index (χ3v) is 7.10. The molecular weight excluding hydrogens is 479 g/mol. The summed E-state index contributed by atoms with van der Waals surface area (Å²) in [6.07, 6.45) is 6.16. The summed E-state index contributed by atoms with van der Waals surface area (Å²) in [5, 5.41) is 10.8. The van der Waals surface area contributed by atoms with E-state index in [4.69, 9.17) is 0 Å². The Kier molecular flexibility index (Phi) is 7.62. The van der Waals surface area contributed by atoms with E-state index in [1.54, 1.807) is 0 Å². The second-order valence-electron chi connectivity index (χ2n) is 7.78. The number of piperidine rings is 1. The van der Waals surface area contributed by atoms with Crippen LogP contribution in [-0.2, 0) is 5.41 Å². The quantitative estimate of drug-likeness (QED) is 0.351. The Bertz CT molecular complexity index is 735. The third-order valence-electron chi connectivity index (χ3n) is 6.17. The second-order valence-corrected chi connectivity index (χ2v) is 8.71. The number of anilines is 1. The summed E-state index contributed by atoms with van der Waals surface area (Å²) < 4.78 is 0. The molecule has 1 aliphatic carbocycles. The van der Waals surface area contributed by atoms with Crippen molar-refractivity contribution in [2.45, 2.75) is 43.6 Å². The zero-order chi connectivity index (χ0) is 18.5. The first-order valence-corrected chi connectivity index (χ1v) is 11.0. The summed E-state index contributed by atoms with van der Waals surface area (Å²) in [7, 11) is 1.88. The number of benzene rings is 1. The smallest absolute Gasteiger partial charge is 0.191 e. The number of thiophene rings is 1. The molecule has 0 bridgehead atoms. The van der Waals surface area contributed by atoms with Crippen LogP contribution in [0.3, 0.4) is 0 Å². The molecule has 6 heteroatoms. The van der Waals surface area contributed by atoms with Gasteiger partial charge in [-0.1, -0.05) is 36.8 Å². The van der Waals surface area contributed by atoms with Gasteiger partial charge in [-0.05, 0) is 48.8 Å². The largest absolute Gasteiger partial charge is 0.363 e. The van der Waals surface area contributed by atoms with Crippen LogP contribution in [0.1, 0.15) is 37.7 Å². The van der Waals surface area contributed by atoms with Crippen LogP contribution in [0, 0.1) is 0 Å². The molecule has 0 atom stereocenters. The van der Waals surface area contributed by atoms with Gasteiger partial charge in [-0.2, -0.15) is 0 Å². The lowest BCUT2D eigenvalue weighted by Gasteiger charge is -2.43. The molecule has 1 saturated carbocycles. The van der Waals surface area contributed by atoms with Gasteiger partial charge in [0.1, 0.15) is 0 Å². The van der Waals surface area contributed by atoms with Crippen molar-refractivity contribution in [2.75, 3.05) is 31.6 Å². The highest BCUT2D eigenvalue weighted by Crippen LogP contribution is 2.43. The Morgan fingerprint density at radius 2 is 1.89 bits per heavy atom. The van der Waals surface area contributed by atoms with Crippen molar-refractivity contribution in [3.63, 3.8) is 0 Å². The number of nitrogens with zero attached hydrogens (tertiary/aromatic N) is 2. The summed E-state index contributed by atoms with van der Waals surface area (Å²) in [6, 6.07) is 15.8. The minimum atomic E-state index is 0. The van der Waals surface area contributed by atoms with Crippen molar-refractivity contribution >= 4 is 46.3 Å². The van der Waals surface area contributed by atoms with Gasteiger partial charge in [0.05, 0.1) is 5.00 Å². The second kappa shape index (κ2) is 9.96. The van der Waals surface area contributed by atoms with Crippen LogP contribution in [0.4, 0.5) is 5.00 Å². The van der Waals surface area contributed by atoms with Crippen LogP contribution in [0.15, 0.2) is 52.8 Å². The zero-order valence-corrected chi connectivity index (χ0v) is 19.7. The normalized spacial score (nSPS) is 19.5. The molecule has 0 unspecified atom stereocenters. The molecule has 0 spiro atoms. The molecule has 1 aliphatic heterocycles. The van der Waals surface area contributed by atoms with Gasteiger partial charge in [0.25, 0.3) is 0 Å². The molecule has 4 rings (SSSR count). The number of rotatable bonds is 5. The van der Waals surface area contributed by atoms with Gasteiger partial charge in [0, 0.05) is 38.1 Å². The standard InChI is InChI=1S/C22H30N4S.HI/c1-23-21(24-17-22(12-6-13-22)18-7-3-2-4-8-18)25-19-10-14-26(15-11-19)20-9-5-16-27-20;/h2-5,7-9,16,19H,6,10-15,17H2,1H3,(H2,23,24,25);1H. The molecule has 1 saturated heterocycles. The molecule has 2 N–H and O–H groups in total. The van der Waals surface area contributed by atoms with Crippen molar-refractivity contribution in [3.05, 3.63) is 53.4 Å². The molecule has 2 aliphatic rings. The molecule has 0 radical (unpaired) electrons. The predicted molar refractivity (Wildman–Crippen MR) is 131 cm³/mol. The van der Waals surface area contributed by atoms with E-state index in [2.05, 4.69) is 68.4 Å². The summed E-state index contributed by atoms with van der Waals surface area (Å²) in [5.74, 6) is 0.951. The lowest BCUT2D eigenvalue weighted by Crippen LogP contribution is -2.52. The number of hydrogen-bond acceptors (Lipinski definition) is 3. The first-order chi connectivity index (χ1) is 13.3. The third kappa shape index (κ3) is 4.82. The van der Waals surface area contributed by atoms with Crippen molar-refractivity contribution in [2.24, 2.45) is 4.99 Å². The van der Waals surface area contributed by atoms with E-state index in [1.807, 2.05) is 18.4 Å². The summed E-state index contributed by atoms with van der Waals surface area (Å²) >= 11 is 1.84. The van der Waals surface area contributed by atoms with Crippen LogP contribution in [0.5, 0.6) is 0 Å². The highest BCUT2D eigenvalue weighted by molar-refractivity contribution is 14.0. The molecule has 0 amide bonds. The number of nitrogens with one attached hydrogen (secondary N) is 2. The first-order valence-electron chi connectivity index (χ1n) is 10.1. The maximum Gasteiger partial charge on any atom is 0.191 e. The molecule has 2 aromatic rings. The van der Waals surface area contributed by atoms with Crippen LogP contribution in [0.25, 0.3) is 0 Å². The Labute approximate surface area is 189 Å². The van der Waals surface area contributed by atoms with Gasteiger partial charge < -0.3 is 15.5 Å². The van der Waals surface area contributed by atoms with Gasteiger partial charge in [-0.15, -0.1) is 35.3 Å². The fourth-order valence-corrected chi connectivity index (χ4v) is 5.08. The summed E-state index contributed by atoms with van der Waals surface area (Å²) in [5.41, 5.74) is 1.74. The first kappa shape index (κ1) is 21.4. The number of guanidine groups is 1. The number of halogens is 1. The van der Waals surface area contributed by atoms with E-state index in [0.717, 1.165) is 38.4 Å². The lowest BCUT2D eigenvalue weighted by atomic mass is 9.64. The van der Waals surface area contributed by atoms with E-state index in [1.165, 1.54) is 29.8 Å². The van der Waals surface area contributed by atoms with Gasteiger partial charge in [-0.3, -0.25) is 4.99 Å². The zero-order valence-electron chi connectivity index (χ0n) is 16.6. The Hall–Kier alpha value is -1.28. The highest BCUT2D eigenvalue weighted by atomic mass is 127. The average Bonchev–Trinajstić information content (AvgIpc) is 3.22. The SMILES string of the molecule is CN=C(NCC1(c2ccccc2)CCC1)NC1CCN(c2cccs2)CC1.I. The van der Waals surface area contributed by atoms with Crippen molar-refractivity contribution in [3.8, 4) is 0 Å². The van der Waals surface area contributed by atoms with Crippen molar-refractivity contribution in [1.82, 2.24) is 10.6 Å². The Balaban J connectivity index is 0.00000225. The Morgan fingerprint density at radius 1 is 1.14 bits per heavy atom. The van der Waals surface area contributed by atoms with Crippen molar-refractivity contribution in [1.29, 1.82) is 0 Å². The minimum Gasteiger partial charge on any atom is -0.363 e. The molecule has 2 heterocycles.